The number of aliphatic hydroxyl groups is 1. The molecule has 18 heavy (non-hydrogen) atoms. The monoisotopic (exact) mass is 254 g/mol. The highest BCUT2D eigenvalue weighted by molar-refractivity contribution is 5.95. The number of amides is 2. The molecule has 0 saturated carbocycles. The fourth-order valence-corrected chi connectivity index (χ4v) is 2.80. The van der Waals surface area contributed by atoms with Crippen LogP contribution in [0.5, 0.6) is 0 Å². The van der Waals surface area contributed by atoms with Crippen molar-refractivity contribution in [1.82, 2.24) is 9.80 Å². The first-order valence-corrected chi connectivity index (χ1v) is 6.86. The van der Waals surface area contributed by atoms with Crippen molar-refractivity contribution in [3.8, 4) is 0 Å². The van der Waals surface area contributed by atoms with Gasteiger partial charge in [0.1, 0.15) is 6.04 Å². The lowest BCUT2D eigenvalue weighted by molar-refractivity contribution is -0.153. The molecular formula is C13H22N2O3. The SMILES string of the molecule is CC(O)CCCCN1CC(=O)N2CCCC2C1=O. The topological polar surface area (TPSA) is 60.9 Å². The molecule has 2 aliphatic heterocycles. The molecule has 2 fully saturated rings. The van der Waals surface area contributed by atoms with E-state index in [1.807, 2.05) is 0 Å². The molecule has 2 unspecified atom stereocenters. The molecule has 0 bridgehead atoms. The van der Waals surface area contributed by atoms with Gasteiger partial charge in [-0.2, -0.15) is 0 Å². The minimum atomic E-state index is -0.283. The van der Waals surface area contributed by atoms with Gasteiger partial charge in [-0.25, -0.2) is 0 Å². The predicted molar refractivity (Wildman–Crippen MR) is 66.8 cm³/mol. The number of hydrogen-bond acceptors (Lipinski definition) is 3. The van der Waals surface area contributed by atoms with E-state index < -0.39 is 0 Å². The third-order valence-electron chi connectivity index (χ3n) is 3.80. The van der Waals surface area contributed by atoms with Gasteiger partial charge < -0.3 is 14.9 Å². The van der Waals surface area contributed by atoms with Crippen LogP contribution < -0.4 is 0 Å². The third kappa shape index (κ3) is 2.83. The molecule has 2 heterocycles. The average molecular weight is 254 g/mol. The van der Waals surface area contributed by atoms with Crippen LogP contribution in [-0.4, -0.2) is 58.5 Å². The van der Waals surface area contributed by atoms with Crippen molar-refractivity contribution in [3.63, 3.8) is 0 Å². The number of aliphatic hydroxyl groups excluding tert-OH is 1. The van der Waals surface area contributed by atoms with Gasteiger partial charge >= 0.3 is 0 Å². The number of carbonyl (C=O) groups is 2. The second kappa shape index (κ2) is 5.69. The van der Waals surface area contributed by atoms with Crippen molar-refractivity contribution in [2.75, 3.05) is 19.6 Å². The van der Waals surface area contributed by atoms with Crippen LogP contribution in [0.4, 0.5) is 0 Å². The molecule has 2 saturated heterocycles. The second-order valence-corrected chi connectivity index (χ2v) is 5.35. The fourth-order valence-electron chi connectivity index (χ4n) is 2.80. The first-order valence-electron chi connectivity index (χ1n) is 6.86. The highest BCUT2D eigenvalue weighted by Gasteiger charge is 2.41. The van der Waals surface area contributed by atoms with Crippen LogP contribution in [0.3, 0.4) is 0 Å². The van der Waals surface area contributed by atoms with Gasteiger partial charge in [-0.1, -0.05) is 0 Å². The highest BCUT2D eigenvalue weighted by atomic mass is 16.3. The van der Waals surface area contributed by atoms with Crippen LogP contribution >= 0.6 is 0 Å². The third-order valence-corrected chi connectivity index (χ3v) is 3.80. The summed E-state index contributed by atoms with van der Waals surface area (Å²) in [5.74, 6) is 0.205. The molecular weight excluding hydrogens is 232 g/mol. The zero-order valence-corrected chi connectivity index (χ0v) is 11.0. The Bertz CT molecular complexity index is 330. The van der Waals surface area contributed by atoms with E-state index in [2.05, 4.69) is 0 Å². The molecule has 2 atom stereocenters. The smallest absolute Gasteiger partial charge is 0.245 e. The Hall–Kier alpha value is -1.10. The molecule has 102 valence electrons. The van der Waals surface area contributed by atoms with E-state index in [9.17, 15) is 9.59 Å². The van der Waals surface area contributed by atoms with E-state index in [0.29, 0.717) is 6.54 Å². The normalized spacial score (nSPS) is 25.6. The van der Waals surface area contributed by atoms with Crippen LogP contribution in [0.15, 0.2) is 0 Å². The molecule has 2 amide bonds. The van der Waals surface area contributed by atoms with E-state index in [1.165, 1.54) is 0 Å². The molecule has 5 nitrogen and oxygen atoms in total. The zero-order chi connectivity index (χ0) is 13.1. The van der Waals surface area contributed by atoms with Crippen LogP contribution in [-0.2, 0) is 9.59 Å². The largest absolute Gasteiger partial charge is 0.393 e. The van der Waals surface area contributed by atoms with Crippen LogP contribution in [0.1, 0.15) is 39.0 Å². The summed E-state index contributed by atoms with van der Waals surface area (Å²) in [5, 5.41) is 9.17. The van der Waals surface area contributed by atoms with Crippen LogP contribution in [0.2, 0.25) is 0 Å². The van der Waals surface area contributed by atoms with Crippen molar-refractivity contribution in [3.05, 3.63) is 0 Å². The summed E-state index contributed by atoms with van der Waals surface area (Å²) < 4.78 is 0. The predicted octanol–water partition coefficient (Wildman–Crippen LogP) is 0.371. The van der Waals surface area contributed by atoms with E-state index in [4.69, 9.17) is 5.11 Å². The summed E-state index contributed by atoms with van der Waals surface area (Å²) >= 11 is 0. The van der Waals surface area contributed by atoms with E-state index in [0.717, 1.165) is 38.6 Å². The first kappa shape index (κ1) is 13.3. The van der Waals surface area contributed by atoms with Gasteiger partial charge in [-0.05, 0) is 39.0 Å². The van der Waals surface area contributed by atoms with Gasteiger partial charge in [0.15, 0.2) is 0 Å². The summed E-state index contributed by atoms with van der Waals surface area (Å²) in [4.78, 5) is 27.5. The van der Waals surface area contributed by atoms with Gasteiger partial charge in [0.2, 0.25) is 11.8 Å². The van der Waals surface area contributed by atoms with E-state index in [-0.39, 0.29) is 30.5 Å². The summed E-state index contributed by atoms with van der Waals surface area (Å²) in [5.41, 5.74) is 0. The minimum absolute atomic E-state index is 0.0904. The summed E-state index contributed by atoms with van der Waals surface area (Å²) in [6, 6.07) is -0.192. The molecule has 0 aliphatic carbocycles. The number of piperazine rings is 1. The number of unbranched alkanes of at least 4 members (excludes halogenated alkanes) is 1. The lowest BCUT2D eigenvalue weighted by Gasteiger charge is -2.36. The van der Waals surface area contributed by atoms with Crippen LogP contribution in [0.25, 0.3) is 0 Å². The fraction of sp³-hybridized carbons (Fsp3) is 0.846. The summed E-state index contributed by atoms with van der Waals surface area (Å²) in [7, 11) is 0. The average Bonchev–Trinajstić information content (AvgIpc) is 2.80. The maximum Gasteiger partial charge on any atom is 0.245 e. The maximum atomic E-state index is 12.2. The number of fused-ring (bicyclic) bond motifs is 1. The lowest BCUT2D eigenvalue weighted by atomic mass is 10.1. The van der Waals surface area contributed by atoms with Crippen molar-refractivity contribution in [2.45, 2.75) is 51.2 Å². The van der Waals surface area contributed by atoms with Crippen molar-refractivity contribution in [1.29, 1.82) is 0 Å². The Morgan fingerprint density at radius 2 is 2.17 bits per heavy atom. The van der Waals surface area contributed by atoms with Gasteiger partial charge in [0, 0.05) is 13.1 Å². The Morgan fingerprint density at radius 3 is 2.89 bits per heavy atom. The van der Waals surface area contributed by atoms with Crippen molar-refractivity contribution >= 4 is 11.8 Å². The number of nitrogens with zero attached hydrogens (tertiary/aromatic N) is 2. The molecule has 0 spiro atoms. The van der Waals surface area contributed by atoms with Crippen LogP contribution in [0, 0.1) is 0 Å². The molecule has 0 aromatic rings. The molecule has 2 rings (SSSR count). The number of rotatable bonds is 5. The van der Waals surface area contributed by atoms with E-state index in [1.54, 1.807) is 16.7 Å². The Morgan fingerprint density at radius 1 is 1.39 bits per heavy atom. The van der Waals surface area contributed by atoms with Gasteiger partial charge in [0.05, 0.1) is 12.6 Å². The summed E-state index contributed by atoms with van der Waals surface area (Å²) in [6.45, 7) is 3.39. The number of hydrogen-bond donors (Lipinski definition) is 1. The quantitative estimate of drug-likeness (QED) is 0.721. The van der Waals surface area contributed by atoms with Crippen molar-refractivity contribution in [2.24, 2.45) is 0 Å². The molecule has 5 heteroatoms. The molecule has 0 aromatic carbocycles. The second-order valence-electron chi connectivity index (χ2n) is 5.35. The number of carbonyl (C=O) groups excluding carboxylic acids is 2. The molecule has 0 radical (unpaired) electrons. The van der Waals surface area contributed by atoms with E-state index >= 15 is 0 Å². The minimum Gasteiger partial charge on any atom is -0.393 e. The van der Waals surface area contributed by atoms with Gasteiger partial charge in [-0.15, -0.1) is 0 Å². The zero-order valence-electron chi connectivity index (χ0n) is 11.0. The van der Waals surface area contributed by atoms with Gasteiger partial charge in [-0.3, -0.25) is 9.59 Å². The standard InChI is InChI=1S/C13H22N2O3/c1-10(16)5-2-3-7-14-9-12(17)15-8-4-6-11(15)13(14)18/h10-11,16H,2-9H2,1H3. The Labute approximate surface area is 108 Å². The highest BCUT2D eigenvalue weighted by Crippen LogP contribution is 2.23. The molecule has 0 aromatic heterocycles. The Kier molecular flexibility index (Phi) is 4.22. The Balaban J connectivity index is 1.82. The molecule has 1 N–H and O–H groups in total. The van der Waals surface area contributed by atoms with Crippen molar-refractivity contribution < 1.29 is 14.7 Å². The first-order chi connectivity index (χ1) is 8.59. The van der Waals surface area contributed by atoms with Gasteiger partial charge in [0.25, 0.3) is 0 Å². The lowest BCUT2D eigenvalue weighted by Crippen LogP contribution is -2.57. The maximum absolute atomic E-state index is 12.2. The molecule has 2 aliphatic rings. The summed E-state index contributed by atoms with van der Waals surface area (Å²) in [6.07, 6.45) is 3.98.